The number of anilines is 1. The molecule has 0 saturated carbocycles. The van der Waals surface area contributed by atoms with E-state index < -0.39 is 11.9 Å². The van der Waals surface area contributed by atoms with Gasteiger partial charge >= 0.3 is 5.97 Å². The second-order valence-corrected chi connectivity index (χ2v) is 6.06. The highest BCUT2D eigenvalue weighted by atomic mass is 79.9. The zero-order valence-electron chi connectivity index (χ0n) is 13.2. The second kappa shape index (κ2) is 7.29. The number of carboxylic acid groups (broad SMARTS) is 1. The summed E-state index contributed by atoms with van der Waals surface area (Å²) in [6.45, 7) is 0.104. The highest BCUT2D eigenvalue weighted by molar-refractivity contribution is 9.10. The van der Waals surface area contributed by atoms with Gasteiger partial charge in [-0.25, -0.2) is 4.79 Å². The first-order valence-electron chi connectivity index (χ1n) is 7.34. The third-order valence-corrected chi connectivity index (χ3v) is 4.25. The molecule has 2 N–H and O–H groups in total. The largest absolute Gasteiger partial charge is 0.478 e. The monoisotopic (exact) mass is 414 g/mol. The molecular weight excluding hydrogens is 404 g/mol. The molecule has 2 aromatic carbocycles. The van der Waals surface area contributed by atoms with Crippen LogP contribution in [0.3, 0.4) is 0 Å². The Morgan fingerprint density at radius 1 is 1.23 bits per heavy atom. The fourth-order valence-corrected chi connectivity index (χ4v) is 2.75. The maximum atomic E-state index is 12.4. The van der Waals surface area contributed by atoms with Crippen LogP contribution in [0.25, 0.3) is 6.08 Å². The molecular formula is C18H11BrN2O5. The van der Waals surface area contributed by atoms with Gasteiger partial charge in [-0.15, -0.1) is 0 Å². The Morgan fingerprint density at radius 2 is 1.92 bits per heavy atom. The minimum Gasteiger partial charge on any atom is -0.478 e. The van der Waals surface area contributed by atoms with Crippen LogP contribution in [0.2, 0.25) is 0 Å². The van der Waals surface area contributed by atoms with Gasteiger partial charge in [0.1, 0.15) is 11.6 Å². The van der Waals surface area contributed by atoms with Gasteiger partial charge in [-0.05, 0) is 35.9 Å². The zero-order chi connectivity index (χ0) is 18.7. The first-order valence-corrected chi connectivity index (χ1v) is 8.13. The number of fused-ring (bicyclic) bond motifs is 1. The Balaban J connectivity index is 1.90. The summed E-state index contributed by atoms with van der Waals surface area (Å²) in [6.07, 6.45) is 1.38. The van der Waals surface area contributed by atoms with E-state index in [1.165, 1.54) is 18.2 Å². The lowest BCUT2D eigenvalue weighted by Gasteiger charge is -2.08. The van der Waals surface area contributed by atoms with Crippen molar-refractivity contribution in [2.24, 2.45) is 0 Å². The van der Waals surface area contributed by atoms with Crippen molar-refractivity contribution >= 4 is 39.6 Å². The summed E-state index contributed by atoms with van der Waals surface area (Å²) in [5, 5.41) is 21.0. The zero-order valence-corrected chi connectivity index (χ0v) is 14.7. The lowest BCUT2D eigenvalue weighted by Crippen LogP contribution is -2.16. The van der Waals surface area contributed by atoms with Crippen LogP contribution in [-0.4, -0.2) is 23.8 Å². The molecule has 1 amide bonds. The average molecular weight is 415 g/mol. The number of carbonyl (C=O) groups is 2. The van der Waals surface area contributed by atoms with E-state index >= 15 is 0 Å². The van der Waals surface area contributed by atoms with Crippen LogP contribution in [0.15, 0.2) is 46.4 Å². The first-order chi connectivity index (χ1) is 12.5. The van der Waals surface area contributed by atoms with Gasteiger partial charge in [0.15, 0.2) is 11.5 Å². The predicted molar refractivity (Wildman–Crippen MR) is 95.9 cm³/mol. The van der Waals surface area contributed by atoms with Crippen LogP contribution in [0, 0.1) is 11.3 Å². The third kappa shape index (κ3) is 3.53. The van der Waals surface area contributed by atoms with Gasteiger partial charge in [-0.2, -0.15) is 5.26 Å². The number of benzene rings is 2. The molecule has 3 rings (SSSR count). The maximum Gasteiger partial charge on any atom is 0.337 e. The van der Waals surface area contributed by atoms with Crippen molar-refractivity contribution in [1.29, 1.82) is 5.26 Å². The second-order valence-electron chi connectivity index (χ2n) is 5.20. The number of carbonyl (C=O) groups excluding carboxylic acids is 1. The van der Waals surface area contributed by atoms with Crippen molar-refractivity contribution in [2.45, 2.75) is 0 Å². The Morgan fingerprint density at radius 3 is 2.62 bits per heavy atom. The minimum atomic E-state index is -1.18. The lowest BCUT2D eigenvalue weighted by atomic mass is 10.1. The topological polar surface area (TPSA) is 109 Å². The summed E-state index contributed by atoms with van der Waals surface area (Å²) >= 11 is 3.36. The van der Waals surface area contributed by atoms with E-state index in [1.54, 1.807) is 24.3 Å². The molecule has 0 aromatic heterocycles. The number of amides is 1. The van der Waals surface area contributed by atoms with Crippen LogP contribution in [0.5, 0.6) is 11.5 Å². The van der Waals surface area contributed by atoms with E-state index in [0.717, 1.165) is 0 Å². The number of carboxylic acids is 1. The van der Waals surface area contributed by atoms with E-state index in [2.05, 4.69) is 21.2 Å². The molecule has 0 spiro atoms. The predicted octanol–water partition coefficient (Wildman–Crippen LogP) is 3.42. The molecule has 0 unspecified atom stereocenters. The first kappa shape index (κ1) is 17.5. The van der Waals surface area contributed by atoms with Crippen LogP contribution >= 0.6 is 15.9 Å². The van der Waals surface area contributed by atoms with E-state index in [-0.39, 0.29) is 23.6 Å². The summed E-state index contributed by atoms with van der Waals surface area (Å²) in [7, 11) is 0. The normalized spacial score (nSPS) is 12.4. The fraction of sp³-hybridized carbons (Fsp3) is 0.0556. The Hall–Kier alpha value is -3.31. The molecule has 0 atom stereocenters. The van der Waals surface area contributed by atoms with Crippen molar-refractivity contribution in [1.82, 2.24) is 0 Å². The number of rotatable bonds is 4. The van der Waals surface area contributed by atoms with Crippen LogP contribution in [0.4, 0.5) is 5.69 Å². The molecule has 0 bridgehead atoms. The Labute approximate surface area is 156 Å². The molecule has 8 heteroatoms. The van der Waals surface area contributed by atoms with Gasteiger partial charge in [0, 0.05) is 4.47 Å². The van der Waals surface area contributed by atoms with Crippen LogP contribution in [-0.2, 0) is 4.79 Å². The number of halogens is 1. The number of nitriles is 1. The van der Waals surface area contributed by atoms with Crippen molar-refractivity contribution in [2.75, 3.05) is 12.1 Å². The van der Waals surface area contributed by atoms with E-state index in [1.807, 2.05) is 6.07 Å². The molecule has 7 nitrogen and oxygen atoms in total. The van der Waals surface area contributed by atoms with Gasteiger partial charge in [0.2, 0.25) is 6.79 Å². The van der Waals surface area contributed by atoms with E-state index in [4.69, 9.17) is 9.47 Å². The maximum absolute atomic E-state index is 12.4. The quantitative estimate of drug-likeness (QED) is 0.585. The smallest absolute Gasteiger partial charge is 0.337 e. The summed E-state index contributed by atoms with van der Waals surface area (Å²) in [6, 6.07) is 11.1. The Bertz CT molecular complexity index is 978. The number of para-hydroxylation sites is 1. The molecule has 2 aromatic rings. The van der Waals surface area contributed by atoms with Crippen molar-refractivity contribution in [3.8, 4) is 17.6 Å². The standard InChI is InChI=1S/C18H11BrN2O5/c19-13-7-16-15(25-9-26-16)6-10(13)5-11(8-20)17(22)21-14-4-2-1-3-12(14)18(23)24/h1-7H,9H2,(H,21,22)(H,23,24). The van der Waals surface area contributed by atoms with Gasteiger partial charge in [0.05, 0.1) is 11.3 Å². The van der Waals surface area contributed by atoms with Crippen LogP contribution < -0.4 is 14.8 Å². The van der Waals surface area contributed by atoms with Crippen molar-refractivity contribution in [3.63, 3.8) is 0 Å². The molecule has 26 heavy (non-hydrogen) atoms. The van der Waals surface area contributed by atoms with Gasteiger partial charge < -0.3 is 19.9 Å². The lowest BCUT2D eigenvalue weighted by molar-refractivity contribution is -0.112. The van der Waals surface area contributed by atoms with E-state index in [0.29, 0.717) is 21.5 Å². The van der Waals surface area contributed by atoms with Gasteiger partial charge in [-0.1, -0.05) is 28.1 Å². The molecule has 0 radical (unpaired) electrons. The summed E-state index contributed by atoms with van der Waals surface area (Å²) in [5.41, 5.74) is 0.399. The number of nitrogens with zero attached hydrogens (tertiary/aromatic N) is 1. The van der Waals surface area contributed by atoms with Gasteiger partial charge in [0.25, 0.3) is 5.91 Å². The molecule has 130 valence electrons. The molecule has 1 aliphatic heterocycles. The average Bonchev–Trinajstić information content (AvgIpc) is 3.06. The number of ether oxygens (including phenoxy) is 2. The van der Waals surface area contributed by atoms with Crippen molar-refractivity contribution < 1.29 is 24.2 Å². The van der Waals surface area contributed by atoms with Crippen LogP contribution in [0.1, 0.15) is 15.9 Å². The highest BCUT2D eigenvalue weighted by Gasteiger charge is 2.18. The third-order valence-electron chi connectivity index (χ3n) is 3.56. The molecule has 0 fully saturated rings. The van der Waals surface area contributed by atoms with Crippen molar-refractivity contribution in [3.05, 3.63) is 57.6 Å². The molecule has 0 aliphatic carbocycles. The minimum absolute atomic E-state index is 0.0672. The van der Waals surface area contributed by atoms with Gasteiger partial charge in [-0.3, -0.25) is 4.79 Å². The molecule has 0 saturated heterocycles. The molecule has 1 heterocycles. The fourth-order valence-electron chi connectivity index (χ4n) is 2.32. The number of aromatic carboxylic acids is 1. The molecule has 1 aliphatic rings. The number of nitrogens with one attached hydrogen (secondary N) is 1. The summed E-state index contributed by atoms with van der Waals surface area (Å²) < 4.78 is 11.2. The summed E-state index contributed by atoms with van der Waals surface area (Å²) in [4.78, 5) is 23.6. The number of hydrogen-bond acceptors (Lipinski definition) is 5. The SMILES string of the molecule is N#CC(=Cc1cc2c(cc1Br)OCO2)C(=O)Nc1ccccc1C(=O)O. The summed E-state index contributed by atoms with van der Waals surface area (Å²) in [5.74, 6) is -0.826. The highest BCUT2D eigenvalue weighted by Crippen LogP contribution is 2.37. The van der Waals surface area contributed by atoms with E-state index in [9.17, 15) is 20.0 Å². The number of hydrogen-bond donors (Lipinski definition) is 2. The Kier molecular flexibility index (Phi) is 4.91.